The van der Waals surface area contributed by atoms with E-state index in [0.29, 0.717) is 5.69 Å². The molecule has 29 heavy (non-hydrogen) atoms. The topological polar surface area (TPSA) is 63.7 Å². The van der Waals surface area contributed by atoms with Crippen molar-refractivity contribution in [3.05, 3.63) is 94.8 Å². The van der Waals surface area contributed by atoms with Crippen molar-refractivity contribution in [2.75, 3.05) is 11.4 Å². The number of para-hydroxylation sites is 1. The number of hydrogen-bond acceptors (Lipinski definition) is 4. The van der Waals surface area contributed by atoms with Crippen LogP contribution in [-0.4, -0.2) is 21.4 Å². The molecule has 8 heteroatoms. The number of carbonyl (C=O) groups excluding carboxylic acids is 1. The van der Waals surface area contributed by atoms with Gasteiger partial charge in [0.2, 0.25) is 0 Å². The number of hydrogen-bond donors (Lipinski definition) is 0. The Morgan fingerprint density at radius 2 is 1.72 bits per heavy atom. The highest BCUT2D eigenvalue weighted by molar-refractivity contribution is 7.92. The molecule has 3 aromatic carbocycles. The second-order valence-electron chi connectivity index (χ2n) is 6.11. The fraction of sp³-hybridized carbons (Fsp3) is 0.0952. The van der Waals surface area contributed by atoms with Crippen LogP contribution in [0.1, 0.15) is 15.9 Å². The number of nitrogens with zero attached hydrogens (tertiary/aromatic N) is 1. The molecule has 0 unspecified atom stereocenters. The van der Waals surface area contributed by atoms with Crippen molar-refractivity contribution < 1.29 is 22.3 Å². The fourth-order valence-electron chi connectivity index (χ4n) is 2.61. The zero-order valence-corrected chi connectivity index (χ0v) is 17.0. The lowest BCUT2D eigenvalue weighted by atomic mass is 10.2. The van der Waals surface area contributed by atoms with E-state index in [9.17, 15) is 17.6 Å². The highest BCUT2D eigenvalue weighted by Crippen LogP contribution is 2.23. The van der Waals surface area contributed by atoms with Gasteiger partial charge in [-0.2, -0.15) is 0 Å². The number of rotatable bonds is 6. The van der Waals surface area contributed by atoms with Gasteiger partial charge in [-0.15, -0.1) is 0 Å². The van der Waals surface area contributed by atoms with E-state index < -0.39 is 21.8 Å². The van der Waals surface area contributed by atoms with Crippen LogP contribution >= 0.6 is 11.6 Å². The third-order valence-corrected chi connectivity index (χ3v) is 6.39. The molecule has 0 heterocycles. The summed E-state index contributed by atoms with van der Waals surface area (Å²) in [5.41, 5.74) is 0.560. The normalized spacial score (nSPS) is 11.1. The van der Waals surface area contributed by atoms with E-state index >= 15 is 0 Å². The highest BCUT2D eigenvalue weighted by atomic mass is 35.5. The predicted octanol–water partition coefficient (Wildman–Crippen LogP) is 4.66. The van der Waals surface area contributed by atoms with Crippen LogP contribution in [0.25, 0.3) is 0 Å². The second kappa shape index (κ2) is 8.63. The van der Waals surface area contributed by atoms with E-state index in [4.69, 9.17) is 16.3 Å². The van der Waals surface area contributed by atoms with E-state index in [1.807, 2.05) is 0 Å². The zero-order valence-electron chi connectivity index (χ0n) is 15.4. The Morgan fingerprint density at radius 3 is 2.41 bits per heavy atom. The van der Waals surface area contributed by atoms with Gasteiger partial charge in [-0.25, -0.2) is 17.6 Å². The summed E-state index contributed by atoms with van der Waals surface area (Å²) in [6, 6.07) is 18.2. The SMILES string of the molecule is CN(c1ccccc1)S(=O)(=O)c1cccc(C(=O)OCc2c(F)cccc2Cl)c1. The number of benzene rings is 3. The van der Waals surface area contributed by atoms with Gasteiger partial charge in [-0.05, 0) is 42.5 Å². The molecule has 0 saturated carbocycles. The van der Waals surface area contributed by atoms with E-state index in [1.54, 1.807) is 30.3 Å². The highest BCUT2D eigenvalue weighted by Gasteiger charge is 2.23. The second-order valence-corrected chi connectivity index (χ2v) is 8.49. The number of anilines is 1. The fourth-order valence-corrected chi connectivity index (χ4v) is 4.07. The Balaban J connectivity index is 1.81. The minimum Gasteiger partial charge on any atom is -0.457 e. The molecule has 0 aliphatic heterocycles. The first-order valence-electron chi connectivity index (χ1n) is 8.55. The molecule has 0 radical (unpaired) electrons. The molecule has 0 aliphatic rings. The molecular weight excluding hydrogens is 417 g/mol. The summed E-state index contributed by atoms with van der Waals surface area (Å²) in [7, 11) is -2.46. The number of esters is 1. The van der Waals surface area contributed by atoms with Gasteiger partial charge in [0.15, 0.2) is 0 Å². The summed E-state index contributed by atoms with van der Waals surface area (Å²) >= 11 is 5.92. The van der Waals surface area contributed by atoms with Crippen LogP contribution in [-0.2, 0) is 21.4 Å². The van der Waals surface area contributed by atoms with Crippen molar-refractivity contribution in [3.8, 4) is 0 Å². The molecule has 3 rings (SSSR count). The van der Waals surface area contributed by atoms with Gasteiger partial charge in [0.1, 0.15) is 12.4 Å². The first-order valence-corrected chi connectivity index (χ1v) is 10.4. The van der Waals surface area contributed by atoms with Crippen LogP contribution in [0.4, 0.5) is 10.1 Å². The number of ether oxygens (including phenoxy) is 1. The van der Waals surface area contributed by atoms with Gasteiger partial charge in [0.25, 0.3) is 10.0 Å². The maximum atomic E-state index is 13.8. The first-order chi connectivity index (χ1) is 13.8. The molecule has 0 N–H and O–H groups in total. The third-order valence-electron chi connectivity index (χ3n) is 4.26. The van der Waals surface area contributed by atoms with Crippen molar-refractivity contribution in [3.63, 3.8) is 0 Å². The van der Waals surface area contributed by atoms with E-state index in [1.165, 1.54) is 49.5 Å². The molecule has 0 saturated heterocycles. The van der Waals surface area contributed by atoms with Gasteiger partial charge >= 0.3 is 5.97 Å². The van der Waals surface area contributed by atoms with Gasteiger partial charge in [-0.1, -0.05) is 41.9 Å². The molecule has 0 aromatic heterocycles. The molecule has 0 aliphatic carbocycles. The average Bonchev–Trinajstić information content (AvgIpc) is 2.73. The van der Waals surface area contributed by atoms with Crippen LogP contribution in [0.3, 0.4) is 0 Å². The first kappa shape index (κ1) is 20.8. The van der Waals surface area contributed by atoms with Crippen LogP contribution in [0, 0.1) is 5.82 Å². The van der Waals surface area contributed by atoms with Gasteiger partial charge in [0, 0.05) is 12.6 Å². The van der Waals surface area contributed by atoms with Crippen molar-refractivity contribution in [2.24, 2.45) is 0 Å². The Labute approximate surface area is 173 Å². The van der Waals surface area contributed by atoms with Crippen LogP contribution in [0.15, 0.2) is 77.7 Å². The average molecular weight is 434 g/mol. The van der Waals surface area contributed by atoms with Crippen molar-refractivity contribution in [1.29, 1.82) is 0 Å². The van der Waals surface area contributed by atoms with Gasteiger partial charge in [0.05, 0.1) is 21.2 Å². The van der Waals surface area contributed by atoms with Crippen LogP contribution in [0.2, 0.25) is 5.02 Å². The van der Waals surface area contributed by atoms with Gasteiger partial charge < -0.3 is 4.74 Å². The molecule has 0 amide bonds. The Bertz CT molecular complexity index is 1120. The van der Waals surface area contributed by atoms with E-state index in [0.717, 1.165) is 4.31 Å². The monoisotopic (exact) mass is 433 g/mol. The third kappa shape index (κ3) is 4.58. The maximum Gasteiger partial charge on any atom is 0.338 e. The van der Waals surface area contributed by atoms with Crippen LogP contribution < -0.4 is 4.31 Å². The van der Waals surface area contributed by atoms with E-state index in [2.05, 4.69) is 0 Å². The Hall–Kier alpha value is -2.90. The molecule has 5 nitrogen and oxygen atoms in total. The summed E-state index contributed by atoms with van der Waals surface area (Å²) < 4.78 is 45.8. The summed E-state index contributed by atoms with van der Waals surface area (Å²) in [4.78, 5) is 12.3. The number of sulfonamides is 1. The zero-order chi connectivity index (χ0) is 21.0. The predicted molar refractivity (Wildman–Crippen MR) is 109 cm³/mol. The van der Waals surface area contributed by atoms with Crippen molar-refractivity contribution in [1.82, 2.24) is 0 Å². The molecular formula is C21H17ClFNO4S. The minimum absolute atomic E-state index is 0.0278. The summed E-state index contributed by atoms with van der Waals surface area (Å²) in [5, 5.41) is 0.138. The number of carbonyl (C=O) groups is 1. The lowest BCUT2D eigenvalue weighted by molar-refractivity contribution is 0.0469. The molecule has 0 bridgehead atoms. The van der Waals surface area contributed by atoms with E-state index in [-0.39, 0.29) is 27.7 Å². The quantitative estimate of drug-likeness (QED) is 0.530. The number of halogens is 2. The molecule has 150 valence electrons. The van der Waals surface area contributed by atoms with Gasteiger partial charge in [-0.3, -0.25) is 4.31 Å². The lowest BCUT2D eigenvalue weighted by Crippen LogP contribution is -2.26. The van der Waals surface area contributed by atoms with Crippen LogP contribution in [0.5, 0.6) is 0 Å². The maximum absolute atomic E-state index is 13.8. The molecule has 0 fully saturated rings. The molecule has 0 spiro atoms. The Kier molecular flexibility index (Phi) is 6.20. The molecule has 0 atom stereocenters. The smallest absolute Gasteiger partial charge is 0.338 e. The minimum atomic E-state index is -3.88. The Morgan fingerprint density at radius 1 is 1.03 bits per heavy atom. The molecule has 3 aromatic rings. The summed E-state index contributed by atoms with van der Waals surface area (Å²) in [6.07, 6.45) is 0. The largest absolute Gasteiger partial charge is 0.457 e. The lowest BCUT2D eigenvalue weighted by Gasteiger charge is -2.19. The summed E-state index contributed by atoms with van der Waals surface area (Å²) in [5.74, 6) is -1.38. The van der Waals surface area contributed by atoms with Crippen molar-refractivity contribution >= 4 is 33.3 Å². The summed E-state index contributed by atoms with van der Waals surface area (Å²) in [6.45, 7) is -0.370. The standard InChI is InChI=1S/C21H17ClFNO4S/c1-24(16-8-3-2-4-9-16)29(26,27)17-10-5-7-15(13-17)21(25)28-14-18-19(22)11-6-12-20(18)23/h2-13H,14H2,1H3. The van der Waals surface area contributed by atoms with Crippen molar-refractivity contribution in [2.45, 2.75) is 11.5 Å².